The van der Waals surface area contributed by atoms with Gasteiger partial charge in [-0.25, -0.2) is 18.4 Å². The fraction of sp³-hybridized carbons (Fsp3) is 0.450. The molecule has 0 spiro atoms. The Morgan fingerprint density at radius 3 is 2.67 bits per heavy atom. The highest BCUT2D eigenvalue weighted by Gasteiger charge is 2.25. The Labute approximate surface area is 160 Å². The number of hydrogen-bond acceptors (Lipinski definition) is 5. The summed E-state index contributed by atoms with van der Waals surface area (Å²) in [5.41, 5.74) is 3.07. The third-order valence-corrected chi connectivity index (χ3v) is 6.04. The van der Waals surface area contributed by atoms with Crippen molar-refractivity contribution in [2.45, 2.75) is 51.0 Å². The van der Waals surface area contributed by atoms with Gasteiger partial charge in [-0.3, -0.25) is 4.79 Å². The number of rotatable bonds is 4. The molecular formula is C20H25N3O3S. The highest BCUT2D eigenvalue weighted by molar-refractivity contribution is 7.90. The average Bonchev–Trinajstić information content (AvgIpc) is 2.65. The highest BCUT2D eigenvalue weighted by Crippen LogP contribution is 2.23. The Hall–Kier alpha value is -2.28. The standard InChI is InChI=1S/C20H25N3O3S/c1-5-14-6-7-15(10-18(14)27(4,25)26)20(24)23-9-8-16-11-21-19(13(2)3)22-17(16)12-23/h6-7,10-11,13H,5,8-9,12H2,1-4H3. The number of aryl methyl sites for hydroxylation is 1. The van der Waals surface area contributed by atoms with Gasteiger partial charge in [0, 0.05) is 30.5 Å². The van der Waals surface area contributed by atoms with Gasteiger partial charge in [0.25, 0.3) is 5.91 Å². The van der Waals surface area contributed by atoms with Crippen LogP contribution in [0.1, 0.15) is 59.7 Å². The number of hydrogen-bond donors (Lipinski definition) is 0. The van der Waals surface area contributed by atoms with Gasteiger partial charge < -0.3 is 4.90 Å². The zero-order chi connectivity index (χ0) is 19.8. The summed E-state index contributed by atoms with van der Waals surface area (Å²) in [7, 11) is -3.39. The number of aromatic nitrogens is 2. The maximum atomic E-state index is 13.0. The van der Waals surface area contributed by atoms with Crippen molar-refractivity contribution in [1.82, 2.24) is 14.9 Å². The van der Waals surface area contributed by atoms with Crippen LogP contribution in [-0.2, 0) is 29.2 Å². The van der Waals surface area contributed by atoms with Crippen LogP contribution in [0.4, 0.5) is 0 Å². The number of benzene rings is 1. The lowest BCUT2D eigenvalue weighted by Gasteiger charge is -2.28. The fourth-order valence-corrected chi connectivity index (χ4v) is 4.31. The summed E-state index contributed by atoms with van der Waals surface area (Å²) in [5, 5.41) is 0. The molecule has 1 amide bonds. The molecule has 0 bridgehead atoms. The van der Waals surface area contributed by atoms with Gasteiger partial charge in [-0.05, 0) is 36.1 Å². The molecule has 0 atom stereocenters. The van der Waals surface area contributed by atoms with E-state index in [1.165, 1.54) is 12.3 Å². The molecule has 0 saturated heterocycles. The van der Waals surface area contributed by atoms with E-state index >= 15 is 0 Å². The zero-order valence-electron chi connectivity index (χ0n) is 16.2. The van der Waals surface area contributed by atoms with Gasteiger partial charge in [0.1, 0.15) is 5.82 Å². The molecule has 27 heavy (non-hydrogen) atoms. The highest BCUT2D eigenvalue weighted by atomic mass is 32.2. The normalized spacial score (nSPS) is 14.3. The first-order chi connectivity index (χ1) is 12.7. The molecule has 7 heteroatoms. The Kier molecular flexibility index (Phi) is 5.33. The van der Waals surface area contributed by atoms with Gasteiger partial charge in [-0.15, -0.1) is 0 Å². The number of fused-ring (bicyclic) bond motifs is 1. The summed E-state index contributed by atoms with van der Waals surface area (Å²) in [6.45, 7) is 6.96. The van der Waals surface area contributed by atoms with E-state index < -0.39 is 9.84 Å². The lowest BCUT2D eigenvalue weighted by atomic mass is 10.0. The van der Waals surface area contributed by atoms with E-state index in [-0.39, 0.29) is 16.7 Å². The van der Waals surface area contributed by atoms with E-state index in [1.807, 2.05) is 27.0 Å². The van der Waals surface area contributed by atoms with Crippen LogP contribution in [0.5, 0.6) is 0 Å². The van der Waals surface area contributed by atoms with Gasteiger partial charge >= 0.3 is 0 Å². The van der Waals surface area contributed by atoms with Crippen LogP contribution in [0.3, 0.4) is 0 Å². The molecule has 0 fully saturated rings. The maximum absolute atomic E-state index is 13.0. The number of sulfone groups is 1. The first-order valence-corrected chi connectivity index (χ1v) is 11.1. The van der Waals surface area contributed by atoms with Crippen molar-refractivity contribution >= 4 is 15.7 Å². The van der Waals surface area contributed by atoms with Crippen molar-refractivity contribution in [3.05, 3.63) is 52.6 Å². The molecule has 2 heterocycles. The Morgan fingerprint density at radius 2 is 2.04 bits per heavy atom. The minimum Gasteiger partial charge on any atom is -0.332 e. The molecule has 1 aliphatic heterocycles. The molecule has 1 aromatic carbocycles. The van der Waals surface area contributed by atoms with Crippen molar-refractivity contribution in [3.63, 3.8) is 0 Å². The molecule has 0 aliphatic carbocycles. The summed E-state index contributed by atoms with van der Waals surface area (Å²) < 4.78 is 24.2. The van der Waals surface area contributed by atoms with E-state index in [0.717, 1.165) is 22.6 Å². The molecule has 144 valence electrons. The number of carbonyl (C=O) groups is 1. The van der Waals surface area contributed by atoms with Crippen LogP contribution in [0, 0.1) is 0 Å². The van der Waals surface area contributed by atoms with Crippen LogP contribution in [0.25, 0.3) is 0 Å². The van der Waals surface area contributed by atoms with Crippen molar-refractivity contribution in [2.75, 3.05) is 12.8 Å². The molecule has 6 nitrogen and oxygen atoms in total. The van der Waals surface area contributed by atoms with Crippen LogP contribution in [-0.4, -0.2) is 42.0 Å². The predicted octanol–water partition coefficient (Wildman–Crippen LogP) is 2.76. The summed E-state index contributed by atoms with van der Waals surface area (Å²) in [4.78, 5) is 24.0. The SMILES string of the molecule is CCc1ccc(C(=O)N2CCc3cnc(C(C)C)nc3C2)cc1S(C)(=O)=O. The monoisotopic (exact) mass is 387 g/mol. The smallest absolute Gasteiger partial charge is 0.254 e. The number of carbonyl (C=O) groups excluding carboxylic acids is 1. The zero-order valence-corrected chi connectivity index (χ0v) is 17.0. The molecular weight excluding hydrogens is 362 g/mol. The molecule has 3 rings (SSSR count). The minimum absolute atomic E-state index is 0.169. The molecule has 2 aromatic rings. The molecule has 0 saturated carbocycles. The van der Waals surface area contributed by atoms with E-state index in [0.29, 0.717) is 31.5 Å². The van der Waals surface area contributed by atoms with Crippen LogP contribution in [0.2, 0.25) is 0 Å². The molecule has 1 aliphatic rings. The first-order valence-electron chi connectivity index (χ1n) is 9.17. The van der Waals surface area contributed by atoms with Gasteiger partial charge in [0.15, 0.2) is 9.84 Å². The number of amides is 1. The molecule has 0 N–H and O–H groups in total. The largest absolute Gasteiger partial charge is 0.332 e. The first kappa shape index (κ1) is 19.5. The maximum Gasteiger partial charge on any atom is 0.254 e. The second-order valence-corrected chi connectivity index (χ2v) is 9.26. The van der Waals surface area contributed by atoms with Crippen molar-refractivity contribution in [2.24, 2.45) is 0 Å². The third-order valence-electron chi connectivity index (χ3n) is 4.86. The summed E-state index contributed by atoms with van der Waals surface area (Å²) in [5.74, 6) is 0.827. The van der Waals surface area contributed by atoms with E-state index in [9.17, 15) is 13.2 Å². The van der Waals surface area contributed by atoms with E-state index in [1.54, 1.807) is 17.0 Å². The Bertz CT molecular complexity index is 984. The summed E-state index contributed by atoms with van der Waals surface area (Å²) in [6.07, 6.45) is 4.34. The Balaban J connectivity index is 1.90. The van der Waals surface area contributed by atoms with Crippen molar-refractivity contribution in [3.8, 4) is 0 Å². The van der Waals surface area contributed by atoms with E-state index in [2.05, 4.69) is 9.97 Å². The third kappa shape index (κ3) is 4.03. The quantitative estimate of drug-likeness (QED) is 0.806. The van der Waals surface area contributed by atoms with Crippen molar-refractivity contribution < 1.29 is 13.2 Å². The van der Waals surface area contributed by atoms with Gasteiger partial charge in [0.05, 0.1) is 17.1 Å². The van der Waals surface area contributed by atoms with E-state index in [4.69, 9.17) is 0 Å². The number of nitrogens with zero attached hydrogens (tertiary/aromatic N) is 3. The molecule has 0 unspecified atom stereocenters. The van der Waals surface area contributed by atoms with Crippen LogP contribution in [0.15, 0.2) is 29.3 Å². The van der Waals surface area contributed by atoms with Crippen molar-refractivity contribution in [1.29, 1.82) is 0 Å². The lowest BCUT2D eigenvalue weighted by Crippen LogP contribution is -2.37. The predicted molar refractivity (Wildman–Crippen MR) is 103 cm³/mol. The topological polar surface area (TPSA) is 80.2 Å². The second kappa shape index (κ2) is 7.38. The summed E-state index contributed by atoms with van der Waals surface area (Å²) >= 11 is 0. The van der Waals surface area contributed by atoms with Gasteiger partial charge in [-0.2, -0.15) is 0 Å². The van der Waals surface area contributed by atoms with Crippen LogP contribution < -0.4 is 0 Å². The van der Waals surface area contributed by atoms with Crippen LogP contribution >= 0.6 is 0 Å². The fourth-order valence-electron chi connectivity index (χ4n) is 3.28. The van der Waals surface area contributed by atoms with Gasteiger partial charge in [0.2, 0.25) is 0 Å². The molecule has 0 radical (unpaired) electrons. The average molecular weight is 388 g/mol. The molecule has 1 aromatic heterocycles. The summed E-state index contributed by atoms with van der Waals surface area (Å²) in [6, 6.07) is 4.96. The lowest BCUT2D eigenvalue weighted by molar-refractivity contribution is 0.0731. The van der Waals surface area contributed by atoms with Gasteiger partial charge in [-0.1, -0.05) is 26.8 Å². The second-order valence-electron chi connectivity index (χ2n) is 7.28. The minimum atomic E-state index is -3.39. The Morgan fingerprint density at radius 1 is 1.30 bits per heavy atom.